The number of nitrogens with one attached hydrogen (secondary N) is 1. The van der Waals surface area contributed by atoms with Gasteiger partial charge in [-0.2, -0.15) is 0 Å². The molecule has 1 aromatic rings. The predicted molar refractivity (Wildman–Crippen MR) is 58.2 cm³/mol. The topological polar surface area (TPSA) is 24.7 Å². The van der Waals surface area contributed by atoms with Gasteiger partial charge in [0.1, 0.15) is 18.9 Å². The van der Waals surface area contributed by atoms with Crippen LogP contribution in [0.1, 0.15) is 18.9 Å². The Hall–Kier alpha value is -0.930. The number of quaternary nitrogens is 1. The lowest BCUT2D eigenvalue weighted by molar-refractivity contribution is -0.914. The first-order valence-corrected chi connectivity index (χ1v) is 5.45. The summed E-state index contributed by atoms with van der Waals surface area (Å²) in [6.07, 6.45) is 1.05. The number of hydrogen-bond donors (Lipinski definition) is 2. The molecule has 0 radical (unpaired) electrons. The Kier molecular flexibility index (Phi) is 5.29. The van der Waals surface area contributed by atoms with E-state index in [1.54, 1.807) is 6.07 Å². The Bertz CT molecular complexity index is 285. The molecule has 1 rings (SSSR count). The first-order valence-electron chi connectivity index (χ1n) is 5.45. The second kappa shape index (κ2) is 6.53. The molecule has 3 heteroatoms. The van der Waals surface area contributed by atoms with Crippen molar-refractivity contribution in [1.29, 1.82) is 0 Å². The molecule has 0 fully saturated rings. The summed E-state index contributed by atoms with van der Waals surface area (Å²) in [6, 6.07) is 6.84. The maximum atomic E-state index is 13.4. The second-order valence-electron chi connectivity index (χ2n) is 3.74. The third kappa shape index (κ3) is 3.98. The average Bonchev–Trinajstić information content (AvgIpc) is 2.22. The fourth-order valence-electron chi connectivity index (χ4n) is 1.72. The molecule has 0 bridgehead atoms. The van der Waals surface area contributed by atoms with Crippen LogP contribution in [-0.4, -0.2) is 24.8 Å². The van der Waals surface area contributed by atoms with Gasteiger partial charge in [0.05, 0.1) is 13.2 Å². The van der Waals surface area contributed by atoms with Crippen LogP contribution in [0.2, 0.25) is 0 Å². The van der Waals surface area contributed by atoms with E-state index in [0.717, 1.165) is 18.5 Å². The van der Waals surface area contributed by atoms with E-state index >= 15 is 0 Å². The van der Waals surface area contributed by atoms with E-state index in [2.05, 4.69) is 6.92 Å². The zero-order chi connectivity index (χ0) is 11.1. The Morgan fingerprint density at radius 3 is 2.60 bits per heavy atom. The third-order valence-corrected chi connectivity index (χ3v) is 2.47. The quantitative estimate of drug-likeness (QED) is 0.709. The van der Waals surface area contributed by atoms with Crippen molar-refractivity contribution in [3.05, 3.63) is 35.6 Å². The molecule has 2 nitrogen and oxygen atoms in total. The molecule has 0 aliphatic rings. The van der Waals surface area contributed by atoms with Crippen LogP contribution in [0.5, 0.6) is 0 Å². The van der Waals surface area contributed by atoms with Crippen LogP contribution in [0.4, 0.5) is 4.39 Å². The van der Waals surface area contributed by atoms with Crippen LogP contribution in [-0.2, 0) is 6.54 Å². The molecular formula is C12H19FNO+. The van der Waals surface area contributed by atoms with Crippen molar-refractivity contribution < 1.29 is 14.4 Å². The zero-order valence-electron chi connectivity index (χ0n) is 9.17. The minimum absolute atomic E-state index is 0.149. The maximum absolute atomic E-state index is 13.4. The smallest absolute Gasteiger partial charge is 0.132 e. The minimum Gasteiger partial charge on any atom is -0.391 e. The van der Waals surface area contributed by atoms with Crippen molar-refractivity contribution >= 4 is 0 Å². The molecule has 15 heavy (non-hydrogen) atoms. The van der Waals surface area contributed by atoms with Crippen molar-refractivity contribution in [2.75, 3.05) is 19.7 Å². The maximum Gasteiger partial charge on any atom is 0.132 e. The van der Waals surface area contributed by atoms with Gasteiger partial charge in [0, 0.05) is 5.56 Å². The molecule has 0 aromatic heterocycles. The SMILES string of the molecule is CCC[NH+](CCO)Cc1ccccc1F. The van der Waals surface area contributed by atoms with Crippen LogP contribution in [0.15, 0.2) is 24.3 Å². The second-order valence-corrected chi connectivity index (χ2v) is 3.74. The highest BCUT2D eigenvalue weighted by Gasteiger charge is 2.10. The van der Waals surface area contributed by atoms with Gasteiger partial charge in [0.25, 0.3) is 0 Å². The predicted octanol–water partition coefficient (Wildman–Crippen LogP) is 0.613. The van der Waals surface area contributed by atoms with Gasteiger partial charge >= 0.3 is 0 Å². The highest BCUT2D eigenvalue weighted by Crippen LogP contribution is 2.03. The molecule has 0 amide bonds. The van der Waals surface area contributed by atoms with Crippen LogP contribution in [0.25, 0.3) is 0 Å². The molecule has 0 spiro atoms. The van der Waals surface area contributed by atoms with Crippen LogP contribution >= 0.6 is 0 Å². The minimum atomic E-state index is -0.149. The van der Waals surface area contributed by atoms with Crippen LogP contribution < -0.4 is 4.90 Å². The zero-order valence-corrected chi connectivity index (χ0v) is 9.17. The standard InChI is InChI=1S/C12H18FNO/c1-2-7-14(8-9-15)10-11-5-3-4-6-12(11)13/h3-6,15H,2,7-10H2,1H3/p+1. The summed E-state index contributed by atoms with van der Waals surface area (Å²) in [5.74, 6) is -0.149. The Labute approximate surface area is 90.3 Å². The van der Waals surface area contributed by atoms with E-state index in [1.807, 2.05) is 12.1 Å². The first kappa shape index (κ1) is 12.1. The van der Waals surface area contributed by atoms with Gasteiger partial charge in [-0.15, -0.1) is 0 Å². The number of benzene rings is 1. The monoisotopic (exact) mass is 212 g/mol. The van der Waals surface area contributed by atoms with Crippen molar-refractivity contribution in [3.8, 4) is 0 Å². The molecule has 0 saturated heterocycles. The summed E-state index contributed by atoms with van der Waals surface area (Å²) in [4.78, 5) is 1.23. The molecule has 0 saturated carbocycles. The van der Waals surface area contributed by atoms with E-state index in [0.29, 0.717) is 13.1 Å². The summed E-state index contributed by atoms with van der Waals surface area (Å²) in [7, 11) is 0. The summed E-state index contributed by atoms with van der Waals surface area (Å²) < 4.78 is 13.4. The molecule has 1 aromatic carbocycles. The molecule has 84 valence electrons. The molecule has 1 unspecified atom stereocenters. The number of rotatable bonds is 6. The van der Waals surface area contributed by atoms with Crippen molar-refractivity contribution in [3.63, 3.8) is 0 Å². The lowest BCUT2D eigenvalue weighted by atomic mass is 10.2. The van der Waals surface area contributed by atoms with Crippen LogP contribution in [0.3, 0.4) is 0 Å². The normalized spacial score (nSPS) is 12.7. The Morgan fingerprint density at radius 2 is 2.00 bits per heavy atom. The Balaban J connectivity index is 2.60. The van der Waals surface area contributed by atoms with Crippen LogP contribution in [0, 0.1) is 5.82 Å². The number of aliphatic hydroxyl groups is 1. The van der Waals surface area contributed by atoms with E-state index < -0.39 is 0 Å². The summed E-state index contributed by atoms with van der Waals surface area (Å²) >= 11 is 0. The van der Waals surface area contributed by atoms with Gasteiger partial charge in [-0.3, -0.25) is 0 Å². The molecule has 1 atom stereocenters. The summed E-state index contributed by atoms with van der Waals surface area (Å²) in [5.41, 5.74) is 0.731. The van der Waals surface area contributed by atoms with Crippen molar-refractivity contribution in [2.24, 2.45) is 0 Å². The van der Waals surface area contributed by atoms with Gasteiger partial charge in [0.2, 0.25) is 0 Å². The molecule has 2 N–H and O–H groups in total. The third-order valence-electron chi connectivity index (χ3n) is 2.47. The average molecular weight is 212 g/mol. The van der Waals surface area contributed by atoms with Gasteiger partial charge in [-0.25, -0.2) is 4.39 Å². The number of hydrogen-bond acceptors (Lipinski definition) is 1. The lowest BCUT2D eigenvalue weighted by Crippen LogP contribution is -3.11. The van der Waals surface area contributed by atoms with E-state index in [9.17, 15) is 4.39 Å². The van der Waals surface area contributed by atoms with Gasteiger partial charge in [-0.1, -0.05) is 25.1 Å². The van der Waals surface area contributed by atoms with E-state index in [-0.39, 0.29) is 12.4 Å². The summed E-state index contributed by atoms with van der Waals surface area (Å²) in [5, 5.41) is 8.90. The highest BCUT2D eigenvalue weighted by molar-refractivity contribution is 5.15. The fraction of sp³-hybridized carbons (Fsp3) is 0.500. The van der Waals surface area contributed by atoms with Crippen molar-refractivity contribution in [1.82, 2.24) is 0 Å². The number of halogens is 1. The molecule has 0 heterocycles. The largest absolute Gasteiger partial charge is 0.391 e. The first-order chi connectivity index (χ1) is 7.27. The fourth-order valence-corrected chi connectivity index (χ4v) is 1.72. The van der Waals surface area contributed by atoms with Gasteiger partial charge in [-0.05, 0) is 12.5 Å². The lowest BCUT2D eigenvalue weighted by Gasteiger charge is -2.17. The summed E-state index contributed by atoms with van der Waals surface area (Å²) in [6.45, 7) is 4.56. The highest BCUT2D eigenvalue weighted by atomic mass is 19.1. The number of aliphatic hydroxyl groups excluding tert-OH is 1. The molecular weight excluding hydrogens is 193 g/mol. The Morgan fingerprint density at radius 1 is 1.27 bits per heavy atom. The van der Waals surface area contributed by atoms with E-state index in [1.165, 1.54) is 11.0 Å². The van der Waals surface area contributed by atoms with E-state index in [4.69, 9.17) is 5.11 Å². The molecule has 0 aliphatic carbocycles. The van der Waals surface area contributed by atoms with Crippen molar-refractivity contribution in [2.45, 2.75) is 19.9 Å². The van der Waals surface area contributed by atoms with Gasteiger partial charge < -0.3 is 10.0 Å². The molecule has 0 aliphatic heterocycles. The van der Waals surface area contributed by atoms with Gasteiger partial charge in [0.15, 0.2) is 0 Å².